The molecule has 1 unspecified atom stereocenters. The predicted octanol–water partition coefficient (Wildman–Crippen LogP) is 5.35. The molecule has 0 amide bonds. The molecule has 116 valence electrons. The molecule has 0 aromatic heterocycles. The summed E-state index contributed by atoms with van der Waals surface area (Å²) in [7, 11) is 0. The van der Waals surface area contributed by atoms with E-state index in [0.29, 0.717) is 0 Å². The first-order chi connectivity index (χ1) is 10.2. The fraction of sp³-hybridized carbons (Fsp3) is 0.600. The van der Waals surface area contributed by atoms with Crippen molar-refractivity contribution in [3.63, 3.8) is 0 Å². The highest BCUT2D eigenvalue weighted by Gasteiger charge is 2.36. The minimum absolute atomic E-state index is 0.0896. The van der Waals surface area contributed by atoms with E-state index in [2.05, 4.69) is 50.3 Å². The van der Waals surface area contributed by atoms with E-state index in [1.807, 2.05) is 0 Å². The minimum Gasteiger partial charge on any atom is -0.323 e. The van der Waals surface area contributed by atoms with Crippen molar-refractivity contribution in [1.29, 1.82) is 0 Å². The topological polar surface area (TPSA) is 26.0 Å². The molecule has 0 aliphatic heterocycles. The molecule has 0 saturated heterocycles. The van der Waals surface area contributed by atoms with Crippen molar-refractivity contribution in [2.24, 2.45) is 5.73 Å². The molecule has 1 atom stereocenters. The van der Waals surface area contributed by atoms with Crippen molar-refractivity contribution in [3.05, 3.63) is 47.5 Å². The van der Waals surface area contributed by atoms with Gasteiger partial charge in [0.05, 0.1) is 0 Å². The van der Waals surface area contributed by atoms with Gasteiger partial charge in [0.15, 0.2) is 0 Å². The summed E-state index contributed by atoms with van der Waals surface area (Å²) in [6, 6.07) is 11.1. The number of hydrogen-bond acceptors (Lipinski definition) is 1. The lowest BCUT2D eigenvalue weighted by Gasteiger charge is -2.40. The van der Waals surface area contributed by atoms with Crippen LogP contribution in [0.15, 0.2) is 42.0 Å². The van der Waals surface area contributed by atoms with Crippen LogP contribution in [-0.4, -0.2) is 6.04 Å². The van der Waals surface area contributed by atoms with Gasteiger partial charge in [-0.25, -0.2) is 0 Å². The van der Waals surface area contributed by atoms with Crippen LogP contribution >= 0.6 is 0 Å². The molecule has 21 heavy (non-hydrogen) atoms. The lowest BCUT2D eigenvalue weighted by Crippen LogP contribution is -2.46. The van der Waals surface area contributed by atoms with Gasteiger partial charge in [-0.05, 0) is 44.1 Å². The Morgan fingerprint density at radius 2 is 1.67 bits per heavy atom. The minimum atomic E-state index is 0.0896. The quantitative estimate of drug-likeness (QED) is 0.725. The number of rotatable bonds is 5. The average molecular weight is 285 g/mol. The molecule has 1 nitrogen and oxygen atoms in total. The maximum atomic E-state index is 6.83. The van der Waals surface area contributed by atoms with E-state index in [0.717, 1.165) is 12.8 Å². The van der Waals surface area contributed by atoms with Crippen LogP contribution in [-0.2, 0) is 5.41 Å². The van der Waals surface area contributed by atoms with Gasteiger partial charge in [-0.3, -0.25) is 0 Å². The highest BCUT2D eigenvalue weighted by molar-refractivity contribution is 5.32. The summed E-state index contributed by atoms with van der Waals surface area (Å²) in [5, 5.41) is 0. The van der Waals surface area contributed by atoms with Gasteiger partial charge in [-0.15, -0.1) is 0 Å². The van der Waals surface area contributed by atoms with E-state index in [9.17, 15) is 0 Å². The molecule has 0 bridgehead atoms. The van der Waals surface area contributed by atoms with Crippen LogP contribution in [0.25, 0.3) is 0 Å². The fourth-order valence-electron chi connectivity index (χ4n) is 3.90. The van der Waals surface area contributed by atoms with Crippen molar-refractivity contribution < 1.29 is 0 Å². The first-order valence-electron chi connectivity index (χ1n) is 8.74. The van der Waals surface area contributed by atoms with Crippen molar-refractivity contribution in [3.8, 4) is 0 Å². The summed E-state index contributed by atoms with van der Waals surface area (Å²) < 4.78 is 0. The number of nitrogens with two attached hydrogens (primary N) is 1. The Hall–Kier alpha value is -1.08. The second-order valence-electron chi connectivity index (χ2n) is 6.44. The molecule has 0 heterocycles. The Balaban J connectivity index is 2.32. The van der Waals surface area contributed by atoms with Gasteiger partial charge in [0.2, 0.25) is 0 Å². The predicted molar refractivity (Wildman–Crippen MR) is 92.5 cm³/mol. The normalized spacial score (nSPS) is 21.0. The van der Waals surface area contributed by atoms with Gasteiger partial charge >= 0.3 is 0 Å². The summed E-state index contributed by atoms with van der Waals surface area (Å²) in [4.78, 5) is 0. The molecule has 0 spiro atoms. The summed E-state index contributed by atoms with van der Waals surface area (Å²) in [6.07, 6.45) is 12.4. The van der Waals surface area contributed by atoms with Gasteiger partial charge in [-0.1, -0.05) is 68.7 Å². The Morgan fingerprint density at radius 1 is 1.00 bits per heavy atom. The molecular formula is C20H31N. The molecule has 1 aliphatic rings. The maximum absolute atomic E-state index is 6.83. The Kier molecular flexibility index (Phi) is 6.05. The van der Waals surface area contributed by atoms with E-state index >= 15 is 0 Å². The van der Waals surface area contributed by atoms with E-state index in [-0.39, 0.29) is 11.5 Å². The molecule has 2 rings (SSSR count). The third-order valence-electron chi connectivity index (χ3n) is 5.43. The summed E-state index contributed by atoms with van der Waals surface area (Å²) in [6.45, 7) is 4.58. The van der Waals surface area contributed by atoms with Crippen molar-refractivity contribution >= 4 is 0 Å². The highest BCUT2D eigenvalue weighted by atomic mass is 14.7. The summed E-state index contributed by atoms with van der Waals surface area (Å²) in [5.74, 6) is 0. The first-order valence-corrected chi connectivity index (χ1v) is 8.74. The molecule has 0 saturated carbocycles. The average Bonchev–Trinajstić information content (AvgIpc) is 2.50. The largest absolute Gasteiger partial charge is 0.323 e. The SMILES string of the molecule is CCC(CC)(c1ccccc1)C(N)/C1=C/CCCCCC1. The molecule has 0 radical (unpaired) electrons. The summed E-state index contributed by atoms with van der Waals surface area (Å²) in [5.41, 5.74) is 9.83. The van der Waals surface area contributed by atoms with Crippen molar-refractivity contribution in [2.45, 2.75) is 76.7 Å². The smallest absolute Gasteiger partial charge is 0.0351 e. The zero-order chi connectivity index (χ0) is 15.1. The Bertz CT molecular complexity index is 442. The van der Waals surface area contributed by atoms with Gasteiger partial charge in [0.25, 0.3) is 0 Å². The van der Waals surface area contributed by atoms with Gasteiger partial charge in [-0.2, -0.15) is 0 Å². The van der Waals surface area contributed by atoms with Crippen LogP contribution in [0.1, 0.15) is 70.8 Å². The first kappa shape index (κ1) is 16.3. The van der Waals surface area contributed by atoms with Gasteiger partial charge in [0.1, 0.15) is 0 Å². The van der Waals surface area contributed by atoms with E-state index in [4.69, 9.17) is 5.73 Å². The van der Waals surface area contributed by atoms with Crippen LogP contribution in [0.2, 0.25) is 0 Å². The zero-order valence-electron chi connectivity index (χ0n) is 13.8. The Morgan fingerprint density at radius 3 is 2.33 bits per heavy atom. The fourth-order valence-corrected chi connectivity index (χ4v) is 3.90. The van der Waals surface area contributed by atoms with Crippen LogP contribution in [0.3, 0.4) is 0 Å². The zero-order valence-corrected chi connectivity index (χ0v) is 13.8. The highest BCUT2D eigenvalue weighted by Crippen LogP contribution is 2.38. The van der Waals surface area contributed by atoms with Crippen LogP contribution in [0, 0.1) is 0 Å². The number of allylic oxidation sites excluding steroid dienone is 1. The van der Waals surface area contributed by atoms with Crippen LogP contribution in [0.4, 0.5) is 0 Å². The second kappa shape index (κ2) is 7.79. The van der Waals surface area contributed by atoms with Crippen molar-refractivity contribution in [2.75, 3.05) is 0 Å². The van der Waals surface area contributed by atoms with Gasteiger partial charge < -0.3 is 5.73 Å². The third-order valence-corrected chi connectivity index (χ3v) is 5.43. The standard InChI is InChI=1S/C20H31N/c1-3-20(4-2,18-15-11-8-12-16-18)19(21)17-13-9-6-5-7-10-14-17/h8,11-13,15-16,19H,3-7,9-10,14,21H2,1-2H3/b17-13+. The van der Waals surface area contributed by atoms with E-state index in [1.165, 1.54) is 49.7 Å². The maximum Gasteiger partial charge on any atom is 0.0351 e. The number of benzene rings is 1. The van der Waals surface area contributed by atoms with E-state index in [1.54, 1.807) is 0 Å². The third kappa shape index (κ3) is 3.58. The van der Waals surface area contributed by atoms with E-state index < -0.39 is 0 Å². The molecule has 2 N–H and O–H groups in total. The number of hydrogen-bond donors (Lipinski definition) is 1. The van der Waals surface area contributed by atoms with Crippen LogP contribution in [0.5, 0.6) is 0 Å². The second-order valence-corrected chi connectivity index (χ2v) is 6.44. The lowest BCUT2D eigenvalue weighted by molar-refractivity contribution is 0.337. The molecule has 1 aliphatic carbocycles. The van der Waals surface area contributed by atoms with Crippen LogP contribution < -0.4 is 5.73 Å². The Labute approximate surface area is 130 Å². The monoisotopic (exact) mass is 285 g/mol. The lowest BCUT2D eigenvalue weighted by atomic mass is 9.67. The van der Waals surface area contributed by atoms with Gasteiger partial charge in [0, 0.05) is 11.5 Å². The van der Waals surface area contributed by atoms with Crippen molar-refractivity contribution in [1.82, 2.24) is 0 Å². The molecule has 1 aromatic rings. The molecule has 1 aromatic carbocycles. The molecular weight excluding hydrogens is 254 g/mol. The molecule has 0 fully saturated rings. The molecule has 1 heteroatoms. The summed E-state index contributed by atoms with van der Waals surface area (Å²) >= 11 is 0.